The van der Waals surface area contributed by atoms with E-state index in [-0.39, 0.29) is 6.10 Å². The molecule has 2 heterocycles. The van der Waals surface area contributed by atoms with Crippen molar-refractivity contribution in [3.63, 3.8) is 0 Å². The normalized spacial score (nSPS) is 21.7. The number of hydrogen-bond donors (Lipinski definition) is 0. The van der Waals surface area contributed by atoms with Crippen molar-refractivity contribution in [1.29, 1.82) is 0 Å². The quantitative estimate of drug-likeness (QED) is 0.433. The maximum absolute atomic E-state index is 6.07. The molecule has 0 aromatic rings. The van der Waals surface area contributed by atoms with Crippen LogP contribution < -0.4 is 0 Å². The van der Waals surface area contributed by atoms with E-state index >= 15 is 0 Å². The lowest BCUT2D eigenvalue weighted by atomic mass is 10.0. The van der Waals surface area contributed by atoms with Gasteiger partial charge in [0.05, 0.1) is 6.61 Å². The largest absolute Gasteiger partial charge is 0.373 e. The van der Waals surface area contributed by atoms with Crippen LogP contribution in [-0.2, 0) is 4.74 Å². The molecule has 0 bridgehead atoms. The molecule has 2 nitrogen and oxygen atoms in total. The van der Waals surface area contributed by atoms with Gasteiger partial charge in [0.2, 0.25) is 0 Å². The predicted octanol–water partition coefficient (Wildman–Crippen LogP) is 6.56. The van der Waals surface area contributed by atoms with Crippen LogP contribution in [0, 0.1) is 0 Å². The van der Waals surface area contributed by atoms with Gasteiger partial charge in [0, 0.05) is 18.8 Å². The highest BCUT2D eigenvalue weighted by Crippen LogP contribution is 2.30. The van der Waals surface area contributed by atoms with E-state index in [1.165, 1.54) is 66.8 Å². The maximum atomic E-state index is 6.07. The van der Waals surface area contributed by atoms with Gasteiger partial charge in [-0.25, -0.2) is 0 Å². The minimum atomic E-state index is 0.282. The molecule has 1 unspecified atom stereocenters. The topological polar surface area (TPSA) is 12.5 Å². The molecule has 146 valence electrons. The Morgan fingerprint density at radius 1 is 0.962 bits per heavy atom. The third-order valence-corrected chi connectivity index (χ3v) is 5.49. The van der Waals surface area contributed by atoms with Crippen molar-refractivity contribution in [2.75, 3.05) is 19.7 Å². The van der Waals surface area contributed by atoms with Crippen molar-refractivity contribution in [3.8, 4) is 0 Å². The van der Waals surface area contributed by atoms with Crippen LogP contribution in [0.1, 0.15) is 79.6 Å². The first kappa shape index (κ1) is 21.0. The van der Waals surface area contributed by atoms with Crippen molar-refractivity contribution in [3.05, 3.63) is 46.2 Å². The number of nitrogens with zero attached hydrogens (tertiary/aromatic N) is 1. The highest BCUT2D eigenvalue weighted by molar-refractivity contribution is 5.23. The molecule has 1 fully saturated rings. The fourth-order valence-corrected chi connectivity index (χ4v) is 3.91. The summed E-state index contributed by atoms with van der Waals surface area (Å²) in [6.45, 7) is 14.4. The van der Waals surface area contributed by atoms with Crippen molar-refractivity contribution < 1.29 is 4.74 Å². The maximum Gasteiger partial charge on any atom is 0.101 e. The summed E-state index contributed by atoms with van der Waals surface area (Å²) in [5.74, 6) is 0. The fraction of sp³-hybridized carbons (Fsp3) is 0.667. The highest BCUT2D eigenvalue weighted by Gasteiger charge is 2.29. The van der Waals surface area contributed by atoms with E-state index in [9.17, 15) is 0 Å². The number of rotatable bonds is 9. The molecule has 0 N–H and O–H groups in total. The molecule has 0 radical (unpaired) electrons. The Morgan fingerprint density at radius 3 is 2.23 bits per heavy atom. The summed E-state index contributed by atoms with van der Waals surface area (Å²) in [7, 11) is 0. The first-order chi connectivity index (χ1) is 12.5. The fourth-order valence-electron chi connectivity index (χ4n) is 3.91. The zero-order valence-electron chi connectivity index (χ0n) is 17.7. The van der Waals surface area contributed by atoms with Crippen LogP contribution in [0.5, 0.6) is 0 Å². The van der Waals surface area contributed by atoms with Crippen molar-refractivity contribution >= 4 is 0 Å². The zero-order chi connectivity index (χ0) is 18.9. The minimum Gasteiger partial charge on any atom is -0.373 e. The smallest absolute Gasteiger partial charge is 0.101 e. The average Bonchev–Trinajstić information content (AvgIpc) is 3.21. The van der Waals surface area contributed by atoms with Crippen LogP contribution in [0.15, 0.2) is 46.2 Å². The summed E-state index contributed by atoms with van der Waals surface area (Å²) in [6, 6.07) is 0. The molecule has 0 aliphatic carbocycles. The molecule has 2 rings (SSSR count). The average molecular weight is 358 g/mol. The molecule has 0 amide bonds. The van der Waals surface area contributed by atoms with Crippen LogP contribution in [0.4, 0.5) is 0 Å². The van der Waals surface area contributed by atoms with Crippen LogP contribution in [-0.4, -0.2) is 30.7 Å². The third kappa shape index (κ3) is 6.79. The third-order valence-electron chi connectivity index (χ3n) is 5.49. The molecule has 26 heavy (non-hydrogen) atoms. The second-order valence-corrected chi connectivity index (χ2v) is 8.35. The van der Waals surface area contributed by atoms with Crippen molar-refractivity contribution in [1.82, 2.24) is 4.90 Å². The SMILES string of the molecule is CC(C)=CCCC(C)=CCCC(C)=CCC1OCC(C)=C1N1CCCC1. The van der Waals surface area contributed by atoms with Crippen molar-refractivity contribution in [2.45, 2.75) is 85.7 Å². The van der Waals surface area contributed by atoms with E-state index < -0.39 is 0 Å². The molecule has 1 saturated heterocycles. The zero-order valence-corrected chi connectivity index (χ0v) is 17.7. The van der Waals surface area contributed by atoms with Gasteiger partial charge in [0.15, 0.2) is 0 Å². The standard InChI is InChI=1S/C24H39NO/c1-19(2)10-8-11-20(3)12-9-13-21(4)14-15-23-24(22(5)18-26-23)25-16-6-7-17-25/h10,12,14,23H,6-9,11,13,15-18H2,1-5H3. The molecule has 1 atom stereocenters. The number of hydrogen-bond acceptors (Lipinski definition) is 2. The molecule has 0 aromatic carbocycles. The Morgan fingerprint density at radius 2 is 1.58 bits per heavy atom. The van der Waals surface area contributed by atoms with Crippen LogP contribution in [0.25, 0.3) is 0 Å². The first-order valence-corrected chi connectivity index (χ1v) is 10.5. The second-order valence-electron chi connectivity index (χ2n) is 8.35. The summed E-state index contributed by atoms with van der Waals surface area (Å²) in [6.07, 6.45) is 15.8. The van der Waals surface area contributed by atoms with E-state index in [0.29, 0.717) is 0 Å². The van der Waals surface area contributed by atoms with Gasteiger partial charge in [0.1, 0.15) is 6.10 Å². The minimum absolute atomic E-state index is 0.282. The summed E-state index contributed by atoms with van der Waals surface area (Å²) >= 11 is 0. The Labute approximate surface area is 161 Å². The lowest BCUT2D eigenvalue weighted by molar-refractivity contribution is 0.106. The molecule has 0 saturated carbocycles. The van der Waals surface area contributed by atoms with E-state index in [4.69, 9.17) is 4.74 Å². The Hall–Kier alpha value is -1.28. The molecule has 2 aliphatic rings. The molecule has 0 aromatic heterocycles. The lowest BCUT2D eigenvalue weighted by Gasteiger charge is -2.24. The summed E-state index contributed by atoms with van der Waals surface area (Å²) < 4.78 is 6.07. The monoisotopic (exact) mass is 357 g/mol. The van der Waals surface area contributed by atoms with E-state index in [0.717, 1.165) is 25.9 Å². The molecular formula is C24H39NO. The summed E-state index contributed by atoms with van der Waals surface area (Å²) in [5.41, 5.74) is 7.36. The van der Waals surface area contributed by atoms with E-state index in [1.807, 2.05) is 0 Å². The summed E-state index contributed by atoms with van der Waals surface area (Å²) in [5, 5.41) is 0. The Bertz CT molecular complexity index is 569. The predicted molar refractivity (Wildman–Crippen MR) is 113 cm³/mol. The molecule has 2 heteroatoms. The first-order valence-electron chi connectivity index (χ1n) is 10.5. The van der Waals surface area contributed by atoms with Gasteiger partial charge in [-0.15, -0.1) is 0 Å². The van der Waals surface area contributed by atoms with Gasteiger partial charge in [-0.05, 0) is 85.1 Å². The van der Waals surface area contributed by atoms with Gasteiger partial charge < -0.3 is 9.64 Å². The molecule has 2 aliphatic heterocycles. The van der Waals surface area contributed by atoms with Gasteiger partial charge in [0.25, 0.3) is 0 Å². The summed E-state index contributed by atoms with van der Waals surface area (Å²) in [4.78, 5) is 2.56. The number of ether oxygens (including phenoxy) is 1. The van der Waals surface area contributed by atoms with Gasteiger partial charge in [-0.3, -0.25) is 0 Å². The van der Waals surface area contributed by atoms with Crippen LogP contribution in [0.2, 0.25) is 0 Å². The van der Waals surface area contributed by atoms with Crippen molar-refractivity contribution in [2.24, 2.45) is 0 Å². The second kappa shape index (κ2) is 10.8. The van der Waals surface area contributed by atoms with Crippen LogP contribution in [0.3, 0.4) is 0 Å². The van der Waals surface area contributed by atoms with Gasteiger partial charge in [-0.2, -0.15) is 0 Å². The van der Waals surface area contributed by atoms with Crippen LogP contribution >= 0.6 is 0 Å². The van der Waals surface area contributed by atoms with E-state index in [1.54, 1.807) is 0 Å². The highest BCUT2D eigenvalue weighted by atomic mass is 16.5. The number of likely N-dealkylation sites (tertiary alicyclic amines) is 1. The van der Waals surface area contributed by atoms with E-state index in [2.05, 4.69) is 57.7 Å². The Kier molecular flexibility index (Phi) is 8.71. The number of allylic oxidation sites excluding steroid dienone is 5. The van der Waals surface area contributed by atoms with Gasteiger partial charge >= 0.3 is 0 Å². The van der Waals surface area contributed by atoms with Gasteiger partial charge in [-0.1, -0.05) is 34.9 Å². The molecule has 0 spiro atoms. The Balaban J connectivity index is 1.76. The molecular weight excluding hydrogens is 318 g/mol. The lowest BCUT2D eigenvalue weighted by Crippen LogP contribution is -2.26.